The number of rotatable bonds is 8. The molecule has 14 nitrogen and oxygen atoms in total. The standard InChI is InChI=1S/C27H28ClFN4O4.C21H21ClFN3O.C4H9NO/c1-16-13-31(14-17-2-4-18(29)5-3-17)8-9-33(16)26(36)21-10-20-22(12-30-24(20)11-23(21)28)25(35)27(37)32-7-6-19(34)15-32;1-14-12-25(13-15-2-4-17(23)5-3-15)8-9-26(14)21(27)18-10-16-6-7-24-20(16)11-19(18)22;6-4-1-2-5-3-4/h2-5,10-12,16,19,30,34H,6-9,13-15H2,1H3;2-7,10-11,14,24H,8-9,12-13H2,1H3;4-6H,1-3H2/t16-,19+;14-;4-/m110/s1. The number of β-amino-alcohol motifs (C(OH)–C–C–N with tert-alkyl or cyclic N) is 2. The topological polar surface area (TPSA) is 169 Å². The first-order chi connectivity index (χ1) is 33.6. The van der Waals surface area contributed by atoms with Crippen LogP contribution >= 0.6 is 23.2 Å². The number of piperazine rings is 2. The molecule has 4 atom stereocenters. The third-order valence-corrected chi connectivity index (χ3v) is 14.0. The quantitative estimate of drug-likeness (QED) is 0.0821. The van der Waals surface area contributed by atoms with E-state index in [2.05, 4.69) is 32.0 Å². The number of fused-ring (bicyclic) bond motifs is 2. The predicted octanol–water partition coefficient (Wildman–Crippen LogP) is 6.73. The smallest absolute Gasteiger partial charge is 0.295 e. The minimum Gasteiger partial charge on any atom is -0.392 e. The van der Waals surface area contributed by atoms with E-state index >= 15 is 0 Å². The number of aliphatic hydroxyl groups is 2. The van der Waals surface area contributed by atoms with Gasteiger partial charge < -0.3 is 40.2 Å². The largest absolute Gasteiger partial charge is 0.392 e. The van der Waals surface area contributed by atoms with Crippen molar-refractivity contribution in [2.24, 2.45) is 0 Å². The van der Waals surface area contributed by atoms with Crippen LogP contribution in [-0.2, 0) is 17.9 Å². The first-order valence-electron chi connectivity index (χ1n) is 23.6. The van der Waals surface area contributed by atoms with Gasteiger partial charge in [-0.25, -0.2) is 8.78 Å². The molecule has 4 aliphatic rings. The van der Waals surface area contributed by atoms with Crippen LogP contribution in [0.25, 0.3) is 21.8 Å². The van der Waals surface area contributed by atoms with E-state index in [1.807, 2.05) is 42.3 Å². The number of nitrogens with zero attached hydrogens (tertiary/aromatic N) is 5. The molecule has 6 aromatic rings. The molecule has 0 unspecified atom stereocenters. The van der Waals surface area contributed by atoms with Gasteiger partial charge >= 0.3 is 0 Å². The molecule has 5 N–H and O–H groups in total. The van der Waals surface area contributed by atoms with Crippen LogP contribution in [0, 0.1) is 11.6 Å². The van der Waals surface area contributed by atoms with Crippen molar-refractivity contribution in [3.63, 3.8) is 0 Å². The second kappa shape index (κ2) is 22.6. The summed E-state index contributed by atoms with van der Waals surface area (Å²) in [5, 5.41) is 23.6. The Kier molecular flexibility index (Phi) is 16.3. The third-order valence-electron chi connectivity index (χ3n) is 13.4. The van der Waals surface area contributed by atoms with Gasteiger partial charge in [-0.2, -0.15) is 0 Å². The molecule has 18 heteroatoms. The summed E-state index contributed by atoms with van der Waals surface area (Å²) in [5.74, 6) is -2.13. The average Bonchev–Trinajstić information content (AvgIpc) is 4.19. The predicted molar refractivity (Wildman–Crippen MR) is 266 cm³/mol. The summed E-state index contributed by atoms with van der Waals surface area (Å²) in [6, 6.07) is 21.7. The molecule has 0 spiro atoms. The summed E-state index contributed by atoms with van der Waals surface area (Å²) >= 11 is 12.9. The number of aliphatic hydroxyl groups excluding tert-OH is 2. The van der Waals surface area contributed by atoms with Crippen LogP contribution in [0.15, 0.2) is 91.3 Å². The summed E-state index contributed by atoms with van der Waals surface area (Å²) < 4.78 is 26.3. The molecule has 4 aromatic carbocycles. The molecule has 0 aliphatic carbocycles. The lowest BCUT2D eigenvalue weighted by atomic mass is 10.0. The number of halogens is 4. The van der Waals surface area contributed by atoms with Crippen LogP contribution in [0.1, 0.15) is 68.9 Å². The molecule has 3 amide bonds. The number of ketones is 1. The summed E-state index contributed by atoms with van der Waals surface area (Å²) in [7, 11) is 0. The number of benzene rings is 4. The zero-order valence-corrected chi connectivity index (χ0v) is 40.7. The first kappa shape index (κ1) is 50.7. The van der Waals surface area contributed by atoms with Crippen LogP contribution in [0.2, 0.25) is 10.0 Å². The number of aromatic nitrogens is 2. The second-order valence-corrected chi connectivity index (χ2v) is 19.4. The SMILES string of the molecule is C[C@@H]1CN(Cc2ccc(F)cc2)CCN1C(=O)c1cc2c(C(=O)C(=O)N3CC[C@H](O)C3)c[nH]c2cc1Cl.C[C@@H]1CN(Cc2ccc(F)cc2)CCN1C(=O)c1cc2cc[nH]c2cc1Cl.O[C@H]1CCNC1. The van der Waals surface area contributed by atoms with Gasteiger partial charge in [0.25, 0.3) is 23.5 Å². The Balaban J connectivity index is 0.000000174. The molecular formula is C52H58Cl2F2N8O6. The van der Waals surface area contributed by atoms with Gasteiger partial charge in [-0.15, -0.1) is 0 Å². The Bertz CT molecular complexity index is 2820. The van der Waals surface area contributed by atoms with Gasteiger partial charge in [0.05, 0.1) is 38.9 Å². The Morgan fingerprint density at radius 1 is 0.643 bits per heavy atom. The van der Waals surface area contributed by atoms with Gasteiger partial charge in [-0.05, 0) is 99.0 Å². The van der Waals surface area contributed by atoms with Gasteiger partial charge in [-0.3, -0.25) is 29.0 Å². The van der Waals surface area contributed by atoms with Gasteiger partial charge in [0, 0.05) is 118 Å². The van der Waals surface area contributed by atoms with Crippen molar-refractivity contribution in [2.75, 3.05) is 65.4 Å². The number of amides is 3. The zero-order valence-electron chi connectivity index (χ0n) is 39.1. The third kappa shape index (κ3) is 12.1. The Hall–Kier alpha value is -5.72. The number of nitrogens with one attached hydrogen (secondary N) is 3. The van der Waals surface area contributed by atoms with E-state index in [1.165, 1.54) is 35.4 Å². The lowest BCUT2D eigenvalue weighted by molar-refractivity contribution is -0.125. The number of hydrogen-bond acceptors (Lipinski definition) is 9. The zero-order chi connectivity index (χ0) is 49.6. The van der Waals surface area contributed by atoms with Crippen LogP contribution in [0.4, 0.5) is 8.78 Å². The number of carbonyl (C=O) groups excluding carboxylic acids is 4. The normalized spacial score (nSPS) is 20.8. The number of Topliss-reactive ketones (excluding diaryl/α,β-unsaturated/α-hetero) is 1. The first-order valence-corrected chi connectivity index (χ1v) is 24.4. The summed E-state index contributed by atoms with van der Waals surface area (Å²) in [4.78, 5) is 67.9. The van der Waals surface area contributed by atoms with E-state index in [4.69, 9.17) is 28.3 Å². The summed E-state index contributed by atoms with van der Waals surface area (Å²) in [5.41, 5.74) is 4.54. The van der Waals surface area contributed by atoms with Crippen LogP contribution in [0.3, 0.4) is 0 Å². The maximum absolute atomic E-state index is 13.5. The molecular weight excluding hydrogens is 942 g/mol. The lowest BCUT2D eigenvalue weighted by Crippen LogP contribution is -2.53. The van der Waals surface area contributed by atoms with Crippen molar-refractivity contribution in [2.45, 2.75) is 64.1 Å². The molecule has 4 fully saturated rings. The molecule has 4 aliphatic heterocycles. The van der Waals surface area contributed by atoms with Crippen molar-refractivity contribution in [1.82, 2.24) is 39.8 Å². The fourth-order valence-electron chi connectivity index (χ4n) is 9.52. The minimum absolute atomic E-state index is 0.0305. The van der Waals surface area contributed by atoms with Crippen molar-refractivity contribution >= 4 is 68.5 Å². The fraction of sp³-hybridized carbons (Fsp3) is 0.385. The molecule has 10 rings (SSSR count). The Labute approximate surface area is 415 Å². The van der Waals surface area contributed by atoms with E-state index in [0.717, 1.165) is 61.2 Å². The number of H-pyrrole nitrogens is 2. The van der Waals surface area contributed by atoms with Crippen LogP contribution in [0.5, 0.6) is 0 Å². The highest BCUT2D eigenvalue weighted by Gasteiger charge is 2.34. The molecule has 0 saturated carbocycles. The van der Waals surface area contributed by atoms with E-state index in [1.54, 1.807) is 35.2 Å². The van der Waals surface area contributed by atoms with E-state index in [0.29, 0.717) is 67.2 Å². The molecule has 0 bridgehead atoms. The summed E-state index contributed by atoms with van der Waals surface area (Å²) in [6.07, 6.45) is 3.98. The maximum Gasteiger partial charge on any atom is 0.295 e. The molecule has 0 radical (unpaired) electrons. The second-order valence-electron chi connectivity index (χ2n) is 18.6. The fourth-order valence-corrected chi connectivity index (χ4v) is 10.0. The molecule has 4 saturated heterocycles. The highest BCUT2D eigenvalue weighted by molar-refractivity contribution is 6.45. The number of hydrogen-bond donors (Lipinski definition) is 5. The van der Waals surface area contributed by atoms with E-state index < -0.39 is 17.8 Å². The highest BCUT2D eigenvalue weighted by Crippen LogP contribution is 2.30. The Morgan fingerprint density at radius 3 is 1.69 bits per heavy atom. The van der Waals surface area contributed by atoms with Gasteiger partial charge in [0.1, 0.15) is 11.6 Å². The number of aromatic amines is 2. The lowest BCUT2D eigenvalue weighted by Gasteiger charge is -2.40. The Morgan fingerprint density at radius 2 is 1.20 bits per heavy atom. The monoisotopic (exact) mass is 998 g/mol. The minimum atomic E-state index is -0.691. The van der Waals surface area contributed by atoms with Crippen molar-refractivity contribution in [1.29, 1.82) is 0 Å². The average molecular weight is 1000 g/mol. The van der Waals surface area contributed by atoms with Crippen molar-refractivity contribution in [3.8, 4) is 0 Å². The molecule has 370 valence electrons. The summed E-state index contributed by atoms with van der Waals surface area (Å²) in [6.45, 7) is 11.7. The highest BCUT2D eigenvalue weighted by atomic mass is 35.5. The number of likely N-dealkylation sites (tertiary alicyclic amines) is 1. The van der Waals surface area contributed by atoms with Crippen LogP contribution in [-0.4, -0.2) is 158 Å². The molecule has 70 heavy (non-hydrogen) atoms. The van der Waals surface area contributed by atoms with Crippen molar-refractivity contribution in [3.05, 3.63) is 141 Å². The molecule has 2 aromatic heterocycles. The molecule has 6 heterocycles. The van der Waals surface area contributed by atoms with Gasteiger partial charge in [-0.1, -0.05) is 47.5 Å². The van der Waals surface area contributed by atoms with Crippen LogP contribution < -0.4 is 5.32 Å². The number of carbonyl (C=O) groups is 4. The van der Waals surface area contributed by atoms with Crippen molar-refractivity contribution < 1.29 is 38.2 Å². The van der Waals surface area contributed by atoms with Gasteiger partial charge in [0.15, 0.2) is 0 Å². The van der Waals surface area contributed by atoms with E-state index in [-0.39, 0.29) is 64.3 Å². The van der Waals surface area contributed by atoms with E-state index in [9.17, 15) is 33.1 Å². The van der Waals surface area contributed by atoms with Gasteiger partial charge in [0.2, 0.25) is 0 Å². The maximum atomic E-state index is 13.5.